The highest BCUT2D eigenvalue weighted by atomic mass is 35.5. The van der Waals surface area contributed by atoms with Gasteiger partial charge in [0.2, 0.25) is 5.76 Å². The van der Waals surface area contributed by atoms with Gasteiger partial charge in [0.05, 0.1) is 22.9 Å². The number of methoxy groups -OCH3 is 1. The van der Waals surface area contributed by atoms with E-state index in [9.17, 15) is 18.0 Å². The monoisotopic (exact) mass is 405 g/mol. The number of furan rings is 1. The molecule has 0 fully saturated rings. The Morgan fingerprint density at radius 1 is 1.38 bits per heavy atom. The van der Waals surface area contributed by atoms with Crippen molar-refractivity contribution in [3.05, 3.63) is 46.5 Å². The number of esters is 1. The summed E-state index contributed by atoms with van der Waals surface area (Å²) in [5, 5.41) is 7.41. The molecule has 0 aliphatic rings. The number of aromatic nitrogens is 3. The van der Waals surface area contributed by atoms with E-state index in [-0.39, 0.29) is 26.8 Å². The molecule has 3 heterocycles. The second-order valence-corrected chi connectivity index (χ2v) is 6.92. The van der Waals surface area contributed by atoms with E-state index >= 15 is 0 Å². The number of carbonyl (C=O) groups is 1. The average molecular weight is 406 g/mol. The van der Waals surface area contributed by atoms with E-state index in [0.29, 0.717) is 5.76 Å². The molecule has 0 amide bonds. The molecule has 3 rings (SSSR count). The highest BCUT2D eigenvalue weighted by Crippen LogP contribution is 2.37. The van der Waals surface area contributed by atoms with E-state index in [2.05, 4.69) is 14.9 Å². The third-order valence-electron chi connectivity index (χ3n) is 3.45. The SMILES string of the molecule is COC(=O)c1ccc(C(C)Sc2nnc3c(Cl)cc(C(F)(F)F)cn23)o1. The number of carbonyl (C=O) groups excluding carboxylic acids is 1. The van der Waals surface area contributed by atoms with Gasteiger partial charge < -0.3 is 9.15 Å². The first-order chi connectivity index (χ1) is 12.2. The Hall–Kier alpha value is -2.20. The largest absolute Gasteiger partial charge is 0.463 e. The Morgan fingerprint density at radius 2 is 2.12 bits per heavy atom. The summed E-state index contributed by atoms with van der Waals surface area (Å²) >= 11 is 7.00. The molecule has 0 aliphatic heterocycles. The first-order valence-electron chi connectivity index (χ1n) is 7.17. The van der Waals surface area contributed by atoms with E-state index in [1.807, 2.05) is 0 Å². The van der Waals surface area contributed by atoms with Crippen LogP contribution in [-0.2, 0) is 10.9 Å². The lowest BCUT2D eigenvalue weighted by atomic mass is 10.3. The predicted octanol–water partition coefficient (Wildman–Crippen LogP) is 4.63. The third-order valence-corrected chi connectivity index (χ3v) is 4.81. The Labute approximate surface area is 154 Å². The Bertz CT molecular complexity index is 970. The zero-order valence-corrected chi connectivity index (χ0v) is 14.9. The number of alkyl halides is 3. The first kappa shape index (κ1) is 18.6. The third kappa shape index (κ3) is 3.51. The van der Waals surface area contributed by atoms with Gasteiger partial charge in [-0.2, -0.15) is 13.2 Å². The van der Waals surface area contributed by atoms with Gasteiger partial charge in [-0.25, -0.2) is 4.79 Å². The summed E-state index contributed by atoms with van der Waals surface area (Å²) < 4.78 is 50.1. The van der Waals surface area contributed by atoms with E-state index in [0.717, 1.165) is 24.0 Å². The smallest absolute Gasteiger partial charge is 0.417 e. The van der Waals surface area contributed by atoms with Gasteiger partial charge in [-0.15, -0.1) is 10.2 Å². The summed E-state index contributed by atoms with van der Waals surface area (Å²) in [6, 6.07) is 3.85. The van der Waals surface area contributed by atoms with Crippen molar-refractivity contribution in [2.45, 2.75) is 23.5 Å². The molecule has 0 saturated heterocycles. The van der Waals surface area contributed by atoms with Gasteiger partial charge in [0.15, 0.2) is 10.8 Å². The molecule has 1 atom stereocenters. The van der Waals surface area contributed by atoms with E-state index in [1.54, 1.807) is 13.0 Å². The maximum atomic E-state index is 13.0. The summed E-state index contributed by atoms with van der Waals surface area (Å²) in [6.45, 7) is 1.75. The average Bonchev–Trinajstić information content (AvgIpc) is 3.21. The minimum absolute atomic E-state index is 0.0310. The molecule has 1 unspecified atom stereocenters. The number of hydrogen-bond acceptors (Lipinski definition) is 6. The topological polar surface area (TPSA) is 69.6 Å². The summed E-state index contributed by atoms with van der Waals surface area (Å²) in [6.07, 6.45) is -3.66. The number of thioether (sulfide) groups is 1. The molecule has 3 aromatic rings. The molecular weight excluding hydrogens is 395 g/mol. The van der Waals surface area contributed by atoms with Gasteiger partial charge >= 0.3 is 12.1 Å². The van der Waals surface area contributed by atoms with Crippen molar-refractivity contribution in [3.8, 4) is 0 Å². The fraction of sp³-hybridized carbons (Fsp3) is 0.267. The van der Waals surface area contributed by atoms with Crippen molar-refractivity contribution in [1.82, 2.24) is 14.6 Å². The van der Waals surface area contributed by atoms with E-state index in [4.69, 9.17) is 16.0 Å². The van der Waals surface area contributed by atoms with Gasteiger partial charge in [0.25, 0.3) is 0 Å². The number of ether oxygens (including phenoxy) is 1. The second-order valence-electron chi connectivity index (χ2n) is 5.20. The molecular formula is C15H11ClF3N3O3S. The molecule has 0 spiro atoms. The van der Waals surface area contributed by atoms with Crippen molar-refractivity contribution >= 4 is 35.0 Å². The minimum Gasteiger partial charge on any atom is -0.463 e. The van der Waals surface area contributed by atoms with Crippen molar-refractivity contribution in [2.24, 2.45) is 0 Å². The Morgan fingerprint density at radius 3 is 2.77 bits per heavy atom. The van der Waals surface area contributed by atoms with Crippen LogP contribution < -0.4 is 0 Å². The van der Waals surface area contributed by atoms with Crippen LogP contribution in [0.25, 0.3) is 5.65 Å². The second kappa shape index (κ2) is 6.84. The zero-order valence-electron chi connectivity index (χ0n) is 13.4. The van der Waals surface area contributed by atoms with Crippen LogP contribution in [0.2, 0.25) is 5.02 Å². The maximum absolute atomic E-state index is 13.0. The summed E-state index contributed by atoms with van der Waals surface area (Å²) in [4.78, 5) is 11.4. The van der Waals surface area contributed by atoms with Gasteiger partial charge in [0, 0.05) is 6.20 Å². The minimum atomic E-state index is -4.55. The van der Waals surface area contributed by atoms with Crippen molar-refractivity contribution in [3.63, 3.8) is 0 Å². The van der Waals surface area contributed by atoms with E-state index < -0.39 is 17.7 Å². The van der Waals surface area contributed by atoms with Gasteiger partial charge in [0.1, 0.15) is 5.76 Å². The van der Waals surface area contributed by atoms with E-state index in [1.165, 1.54) is 17.6 Å². The summed E-state index contributed by atoms with van der Waals surface area (Å²) in [7, 11) is 1.23. The number of fused-ring (bicyclic) bond motifs is 1. The lowest BCUT2D eigenvalue weighted by Gasteiger charge is -2.10. The van der Waals surface area contributed by atoms with Crippen LogP contribution in [-0.4, -0.2) is 27.7 Å². The molecule has 0 radical (unpaired) electrons. The molecule has 0 saturated carbocycles. The summed E-state index contributed by atoms with van der Waals surface area (Å²) in [5.74, 6) is -0.156. The van der Waals surface area contributed by atoms with Gasteiger partial charge in [-0.05, 0) is 25.1 Å². The van der Waals surface area contributed by atoms with Crippen molar-refractivity contribution in [1.29, 1.82) is 0 Å². The number of rotatable bonds is 4. The van der Waals surface area contributed by atoms with Crippen LogP contribution in [0.15, 0.2) is 34.0 Å². The fourth-order valence-electron chi connectivity index (χ4n) is 2.17. The molecule has 138 valence electrons. The lowest BCUT2D eigenvalue weighted by Crippen LogP contribution is -2.07. The standard InChI is InChI=1S/C15H11ClF3N3O3S/c1-7(10-3-4-11(25-10)13(23)24-2)26-14-21-20-12-9(16)5-8(6-22(12)14)15(17,18)19/h3-7H,1-2H3. The van der Waals surface area contributed by atoms with Crippen molar-refractivity contribution in [2.75, 3.05) is 7.11 Å². The quantitative estimate of drug-likeness (QED) is 0.465. The summed E-state index contributed by atoms with van der Waals surface area (Å²) in [5.41, 5.74) is -0.792. The highest BCUT2D eigenvalue weighted by Gasteiger charge is 2.32. The van der Waals surface area contributed by atoms with Crippen LogP contribution in [0.4, 0.5) is 13.2 Å². The van der Waals surface area contributed by atoms with Crippen LogP contribution in [0, 0.1) is 0 Å². The Balaban J connectivity index is 1.92. The molecule has 6 nitrogen and oxygen atoms in total. The molecule has 3 aromatic heterocycles. The zero-order chi connectivity index (χ0) is 19.1. The lowest BCUT2D eigenvalue weighted by molar-refractivity contribution is -0.137. The van der Waals surface area contributed by atoms with Crippen LogP contribution in [0.1, 0.15) is 34.1 Å². The van der Waals surface area contributed by atoms with Gasteiger partial charge in [-0.1, -0.05) is 23.4 Å². The normalized spacial score (nSPS) is 13.2. The number of halogens is 4. The maximum Gasteiger partial charge on any atom is 0.417 e. The predicted molar refractivity (Wildman–Crippen MR) is 87.3 cm³/mol. The number of nitrogens with zero attached hydrogens (tertiary/aromatic N) is 3. The molecule has 0 aromatic carbocycles. The molecule has 26 heavy (non-hydrogen) atoms. The fourth-order valence-corrected chi connectivity index (χ4v) is 3.31. The van der Waals surface area contributed by atoms with Crippen LogP contribution in [0.5, 0.6) is 0 Å². The van der Waals surface area contributed by atoms with Crippen LogP contribution >= 0.6 is 23.4 Å². The Kier molecular flexibility index (Phi) is 4.89. The van der Waals surface area contributed by atoms with Gasteiger partial charge in [-0.3, -0.25) is 4.40 Å². The number of pyridine rings is 1. The highest BCUT2D eigenvalue weighted by molar-refractivity contribution is 7.99. The molecule has 0 N–H and O–H groups in total. The van der Waals surface area contributed by atoms with Crippen LogP contribution in [0.3, 0.4) is 0 Å². The van der Waals surface area contributed by atoms with Crippen molar-refractivity contribution < 1.29 is 27.1 Å². The molecule has 11 heteroatoms. The molecule has 0 aliphatic carbocycles. The number of hydrogen-bond donors (Lipinski definition) is 0. The first-order valence-corrected chi connectivity index (χ1v) is 8.42. The molecule has 0 bridgehead atoms.